The van der Waals surface area contributed by atoms with Gasteiger partial charge in [-0.2, -0.15) is 0 Å². The van der Waals surface area contributed by atoms with Gasteiger partial charge in [0.15, 0.2) is 6.61 Å². The molecule has 9 nitrogen and oxygen atoms in total. The summed E-state index contributed by atoms with van der Waals surface area (Å²) < 4.78 is 33.1. The second-order valence-corrected chi connectivity index (χ2v) is 10.9. The Labute approximate surface area is 219 Å². The zero-order chi connectivity index (χ0) is 26.3. The van der Waals surface area contributed by atoms with E-state index in [-0.39, 0.29) is 29.3 Å². The van der Waals surface area contributed by atoms with Crippen LogP contribution >= 0.6 is 11.8 Å². The van der Waals surface area contributed by atoms with E-state index >= 15 is 0 Å². The molecular formula is C26H25N3O6S2. The highest BCUT2D eigenvalue weighted by molar-refractivity contribution is 8.15. The van der Waals surface area contributed by atoms with E-state index in [9.17, 15) is 18.0 Å². The summed E-state index contributed by atoms with van der Waals surface area (Å²) in [6.45, 7) is 2.31. The first-order valence-electron chi connectivity index (χ1n) is 11.4. The van der Waals surface area contributed by atoms with E-state index in [1.165, 1.54) is 12.1 Å². The molecule has 0 aromatic heterocycles. The van der Waals surface area contributed by atoms with E-state index in [4.69, 9.17) is 9.57 Å². The molecule has 1 aliphatic rings. The molecule has 0 spiro atoms. The number of thioether (sulfide) groups is 1. The van der Waals surface area contributed by atoms with Crippen molar-refractivity contribution in [1.82, 2.24) is 5.32 Å². The molecule has 0 saturated carbocycles. The van der Waals surface area contributed by atoms with Gasteiger partial charge in [-0.25, -0.2) is 8.42 Å². The van der Waals surface area contributed by atoms with Crippen molar-refractivity contribution >= 4 is 44.3 Å². The molecule has 1 heterocycles. The van der Waals surface area contributed by atoms with Gasteiger partial charge in [0.2, 0.25) is 5.91 Å². The van der Waals surface area contributed by atoms with E-state index in [2.05, 4.69) is 15.2 Å². The number of hydrogen-bond acceptors (Lipinski definition) is 8. The minimum absolute atomic E-state index is 0.193. The van der Waals surface area contributed by atoms with E-state index < -0.39 is 15.3 Å². The number of hydrogen-bond donors (Lipinski definition) is 2. The number of carbonyl (C=O) groups is 2. The second kappa shape index (κ2) is 11.9. The monoisotopic (exact) mass is 539 g/mol. The van der Waals surface area contributed by atoms with Crippen LogP contribution in [0.5, 0.6) is 5.75 Å². The van der Waals surface area contributed by atoms with Crippen molar-refractivity contribution in [1.29, 1.82) is 0 Å². The summed E-state index contributed by atoms with van der Waals surface area (Å²) in [6.07, 6.45) is 0.472. The van der Waals surface area contributed by atoms with Crippen LogP contribution in [-0.2, 0) is 26.1 Å². The van der Waals surface area contributed by atoms with Gasteiger partial charge in [0.25, 0.3) is 15.3 Å². The highest BCUT2D eigenvalue weighted by Gasteiger charge is 2.31. The Balaban J connectivity index is 1.20. The molecule has 1 saturated heterocycles. The number of anilines is 1. The molecule has 4 rings (SSSR count). The Kier molecular flexibility index (Phi) is 8.47. The van der Waals surface area contributed by atoms with Gasteiger partial charge in [0.1, 0.15) is 12.4 Å². The Morgan fingerprint density at radius 3 is 2.32 bits per heavy atom. The number of rotatable bonds is 11. The van der Waals surface area contributed by atoms with Crippen molar-refractivity contribution < 1.29 is 27.6 Å². The van der Waals surface area contributed by atoms with E-state index in [1.807, 2.05) is 12.1 Å². The molecule has 0 radical (unpaired) electrons. The average Bonchev–Trinajstić information content (AvgIpc) is 3.21. The zero-order valence-electron chi connectivity index (χ0n) is 19.9. The largest absolute Gasteiger partial charge is 0.490 e. The van der Waals surface area contributed by atoms with Crippen LogP contribution in [0, 0.1) is 0 Å². The van der Waals surface area contributed by atoms with Crippen molar-refractivity contribution in [2.75, 3.05) is 17.9 Å². The fourth-order valence-electron chi connectivity index (χ4n) is 3.45. The Morgan fingerprint density at radius 2 is 1.68 bits per heavy atom. The highest BCUT2D eigenvalue weighted by Crippen LogP contribution is 2.24. The van der Waals surface area contributed by atoms with Crippen LogP contribution in [0.25, 0.3) is 0 Å². The smallest absolute Gasteiger partial charge is 0.286 e. The van der Waals surface area contributed by atoms with E-state index in [0.29, 0.717) is 23.6 Å². The number of amides is 2. The summed E-state index contributed by atoms with van der Waals surface area (Å²) in [6, 6.07) is 22.3. The topological polar surface area (TPSA) is 123 Å². The molecule has 1 aliphatic heterocycles. The maximum absolute atomic E-state index is 12.4. The van der Waals surface area contributed by atoms with Gasteiger partial charge < -0.3 is 9.57 Å². The maximum Gasteiger partial charge on any atom is 0.286 e. The van der Waals surface area contributed by atoms with Crippen LogP contribution < -0.4 is 14.8 Å². The molecule has 1 atom stereocenters. The fraction of sp³-hybridized carbons (Fsp3) is 0.192. The van der Waals surface area contributed by atoms with Crippen LogP contribution in [-0.4, -0.2) is 43.7 Å². The molecule has 1 fully saturated rings. The number of nitrogens with one attached hydrogen (secondary N) is 2. The van der Waals surface area contributed by atoms with Gasteiger partial charge in [-0.1, -0.05) is 59.4 Å². The highest BCUT2D eigenvalue weighted by atomic mass is 32.2. The summed E-state index contributed by atoms with van der Waals surface area (Å²) in [5.41, 5.74) is 2.80. The number of oxime groups is 1. The van der Waals surface area contributed by atoms with Gasteiger partial charge in [0.05, 0.1) is 15.9 Å². The molecule has 2 N–H and O–H groups in total. The molecule has 0 bridgehead atoms. The van der Waals surface area contributed by atoms with Crippen LogP contribution in [0.4, 0.5) is 10.5 Å². The minimum atomic E-state index is -3.65. The van der Waals surface area contributed by atoms with E-state index in [0.717, 1.165) is 22.9 Å². The number of imide groups is 1. The van der Waals surface area contributed by atoms with Gasteiger partial charge in [-0.05, 0) is 60.9 Å². The summed E-state index contributed by atoms with van der Waals surface area (Å²) >= 11 is 1.01. The summed E-state index contributed by atoms with van der Waals surface area (Å²) in [5.74, 6) is 0.396. The summed E-state index contributed by atoms with van der Waals surface area (Å²) in [4.78, 5) is 28.5. The molecule has 192 valence electrons. The summed E-state index contributed by atoms with van der Waals surface area (Å²) in [7, 11) is -3.65. The number of ether oxygens (including phenoxy) is 1. The Hall–Kier alpha value is -3.83. The first-order valence-corrected chi connectivity index (χ1v) is 13.7. The maximum atomic E-state index is 12.4. The third-order valence-corrected chi connectivity index (χ3v) is 7.74. The molecule has 3 aromatic rings. The molecular weight excluding hydrogens is 514 g/mol. The molecule has 3 aromatic carbocycles. The predicted octanol–water partition coefficient (Wildman–Crippen LogP) is 4.20. The number of carbonyl (C=O) groups excluding carboxylic acids is 2. The average molecular weight is 540 g/mol. The Bertz CT molecular complexity index is 1380. The molecule has 0 aliphatic carbocycles. The van der Waals surface area contributed by atoms with Crippen molar-refractivity contribution in [3.8, 4) is 5.75 Å². The van der Waals surface area contributed by atoms with E-state index in [1.54, 1.807) is 61.5 Å². The molecule has 11 heteroatoms. The normalized spacial score (nSPS) is 15.8. The van der Waals surface area contributed by atoms with Gasteiger partial charge >= 0.3 is 0 Å². The number of sulfonamides is 1. The number of benzene rings is 3. The van der Waals surface area contributed by atoms with Crippen LogP contribution in [0.2, 0.25) is 0 Å². The van der Waals surface area contributed by atoms with Crippen molar-refractivity contribution in [3.63, 3.8) is 0 Å². The Morgan fingerprint density at radius 1 is 0.973 bits per heavy atom. The van der Waals surface area contributed by atoms with Crippen molar-refractivity contribution in [2.24, 2.45) is 5.16 Å². The predicted molar refractivity (Wildman–Crippen MR) is 142 cm³/mol. The third kappa shape index (κ3) is 7.34. The lowest BCUT2D eigenvalue weighted by molar-refractivity contribution is -0.118. The number of nitrogens with zero attached hydrogens (tertiary/aromatic N) is 1. The van der Waals surface area contributed by atoms with Crippen LogP contribution in [0.1, 0.15) is 18.1 Å². The van der Waals surface area contributed by atoms with Crippen LogP contribution in [0.15, 0.2) is 88.9 Å². The first kappa shape index (κ1) is 26.2. The van der Waals surface area contributed by atoms with Crippen molar-refractivity contribution in [3.05, 3.63) is 90.0 Å². The standard InChI is InChI=1S/C26H25N3O6S2/c1-18(20-9-11-21(12-10-20)29-37(32,33)23-5-3-2-4-6-23)28-35-16-15-34-22-13-7-19(8-14-22)17-24-25(30)27-26(31)36-24/h2-14,24,29H,15-17H2,1H3,(H,27,30,31). The van der Waals surface area contributed by atoms with Gasteiger partial charge in [-0.15, -0.1) is 0 Å². The third-order valence-electron chi connectivity index (χ3n) is 5.36. The molecule has 1 unspecified atom stereocenters. The molecule has 2 amide bonds. The zero-order valence-corrected chi connectivity index (χ0v) is 21.6. The quantitative estimate of drug-likeness (QED) is 0.213. The molecule has 37 heavy (non-hydrogen) atoms. The fourth-order valence-corrected chi connectivity index (χ4v) is 5.39. The van der Waals surface area contributed by atoms with Gasteiger partial charge in [-0.3, -0.25) is 19.6 Å². The lowest BCUT2D eigenvalue weighted by Crippen LogP contribution is -2.25. The second-order valence-electron chi connectivity index (χ2n) is 8.09. The van der Waals surface area contributed by atoms with Crippen LogP contribution in [0.3, 0.4) is 0 Å². The lowest BCUT2D eigenvalue weighted by atomic mass is 10.1. The van der Waals surface area contributed by atoms with Gasteiger partial charge in [0, 0.05) is 5.69 Å². The SMILES string of the molecule is CC(=NOCCOc1ccc(CC2SC(=O)NC2=O)cc1)c1ccc(NS(=O)(=O)c2ccccc2)cc1. The first-order chi connectivity index (χ1) is 17.8. The lowest BCUT2D eigenvalue weighted by Gasteiger charge is -2.09. The minimum Gasteiger partial charge on any atom is -0.490 e. The van der Waals surface area contributed by atoms with Crippen molar-refractivity contribution in [2.45, 2.75) is 23.5 Å². The summed E-state index contributed by atoms with van der Waals surface area (Å²) in [5, 5.41) is 5.67.